The first kappa shape index (κ1) is 26.5. The highest BCUT2D eigenvalue weighted by Gasteiger charge is 2.60. The van der Waals surface area contributed by atoms with Gasteiger partial charge in [-0.2, -0.15) is 13.2 Å². The number of hydrogen-bond donors (Lipinski definition) is 1. The van der Waals surface area contributed by atoms with Gasteiger partial charge < -0.3 is 19.3 Å². The molecule has 2 heterocycles. The summed E-state index contributed by atoms with van der Waals surface area (Å²) in [6, 6.07) is 13.5. The molecule has 0 bridgehead atoms. The molecule has 1 spiro atoms. The molecule has 1 aliphatic heterocycles. The molecule has 2 aromatic carbocycles. The first-order valence-electron chi connectivity index (χ1n) is 13.9. The summed E-state index contributed by atoms with van der Waals surface area (Å²) in [6.45, 7) is 4.60. The molecule has 41 heavy (non-hydrogen) atoms. The quantitative estimate of drug-likeness (QED) is 0.397. The first-order chi connectivity index (χ1) is 19.5. The molecular formula is C32H30F3NO5. The van der Waals surface area contributed by atoms with E-state index in [1.165, 1.54) is 6.07 Å². The Bertz CT molecular complexity index is 1540. The van der Waals surface area contributed by atoms with Gasteiger partial charge in [0, 0.05) is 29.5 Å². The Morgan fingerprint density at radius 1 is 1.07 bits per heavy atom. The number of hydrogen-bond acceptors (Lipinski definition) is 5. The van der Waals surface area contributed by atoms with Crippen molar-refractivity contribution in [3.63, 3.8) is 0 Å². The molecule has 7 rings (SSSR count). The van der Waals surface area contributed by atoms with E-state index in [0.717, 1.165) is 33.9 Å². The number of ether oxygens (including phenoxy) is 3. The Balaban J connectivity index is 1.18. The van der Waals surface area contributed by atoms with Crippen LogP contribution in [0.4, 0.5) is 13.2 Å². The summed E-state index contributed by atoms with van der Waals surface area (Å²) in [5.74, 6) is -1.67. The molecule has 1 saturated carbocycles. The van der Waals surface area contributed by atoms with Crippen LogP contribution < -0.4 is 4.74 Å². The minimum absolute atomic E-state index is 0.0444. The van der Waals surface area contributed by atoms with Gasteiger partial charge >= 0.3 is 12.1 Å². The molecule has 1 saturated heterocycles. The Labute approximate surface area is 235 Å². The fourth-order valence-corrected chi connectivity index (χ4v) is 7.24. The van der Waals surface area contributed by atoms with Crippen molar-refractivity contribution in [2.24, 2.45) is 11.8 Å². The zero-order valence-electron chi connectivity index (χ0n) is 22.7. The van der Waals surface area contributed by atoms with Crippen LogP contribution in [-0.2, 0) is 38.9 Å². The summed E-state index contributed by atoms with van der Waals surface area (Å²) >= 11 is 0. The topological polar surface area (TPSA) is 77.9 Å². The van der Waals surface area contributed by atoms with Crippen molar-refractivity contribution in [3.05, 3.63) is 93.7 Å². The highest BCUT2D eigenvalue weighted by atomic mass is 19.4. The molecule has 6 nitrogen and oxygen atoms in total. The zero-order valence-corrected chi connectivity index (χ0v) is 22.7. The smallest absolute Gasteiger partial charge is 0.416 e. The van der Waals surface area contributed by atoms with Crippen LogP contribution >= 0.6 is 0 Å². The summed E-state index contributed by atoms with van der Waals surface area (Å²) < 4.78 is 60.3. The second kappa shape index (κ2) is 9.03. The third-order valence-electron chi connectivity index (χ3n) is 9.35. The number of carboxylic acid groups (broad SMARTS) is 1. The minimum Gasteiger partial charge on any atom is -0.481 e. The van der Waals surface area contributed by atoms with Gasteiger partial charge in [0.15, 0.2) is 5.79 Å². The number of pyridine rings is 1. The molecule has 1 unspecified atom stereocenters. The number of rotatable bonds is 5. The van der Waals surface area contributed by atoms with Crippen molar-refractivity contribution >= 4 is 5.97 Å². The number of fused-ring (bicyclic) bond motifs is 5. The average molecular weight is 566 g/mol. The SMILES string of the molecule is CC1(C)OCC2(CO1)CC(c1ccccc1C(F)(F)F)c1cc(COc3cc4c(cn3)[C@H]3[C@@H](C4)[C@@H]3C(=O)O)ccc12. The van der Waals surface area contributed by atoms with Crippen molar-refractivity contribution < 1.29 is 37.3 Å². The maximum Gasteiger partial charge on any atom is 0.416 e. The van der Waals surface area contributed by atoms with Crippen LogP contribution in [0.5, 0.6) is 5.88 Å². The van der Waals surface area contributed by atoms with E-state index in [1.54, 1.807) is 18.3 Å². The largest absolute Gasteiger partial charge is 0.481 e. The molecule has 0 amide bonds. The molecule has 214 valence electrons. The van der Waals surface area contributed by atoms with Crippen LogP contribution in [0.15, 0.2) is 54.7 Å². The van der Waals surface area contributed by atoms with E-state index in [4.69, 9.17) is 14.2 Å². The standard InChI is InChI=1S/C32H30F3NO5/c1-30(2)40-15-31(16-41-30)12-22(19-5-3-4-6-25(19)32(33,34)35)20-9-17(7-8-24(20)31)14-39-26-11-18-10-21-27(23(18)13-36-26)28(21)29(37)38/h3-9,11,13,21-22,27-28H,10,12,14-16H2,1-2H3,(H,37,38)/t21-,22?,27-,28+/m1/s1. The second-order valence-corrected chi connectivity index (χ2v) is 12.3. The maximum absolute atomic E-state index is 14.1. The van der Waals surface area contributed by atoms with Crippen LogP contribution in [0.25, 0.3) is 0 Å². The Hall–Kier alpha value is -3.43. The van der Waals surface area contributed by atoms with Gasteiger partial charge in [0.1, 0.15) is 6.61 Å². The summed E-state index contributed by atoms with van der Waals surface area (Å²) in [4.78, 5) is 15.8. The lowest BCUT2D eigenvalue weighted by atomic mass is 9.81. The van der Waals surface area contributed by atoms with Crippen molar-refractivity contribution in [1.29, 1.82) is 0 Å². The van der Waals surface area contributed by atoms with Crippen LogP contribution in [0.1, 0.15) is 71.0 Å². The summed E-state index contributed by atoms with van der Waals surface area (Å²) in [7, 11) is 0. The van der Waals surface area contributed by atoms with E-state index in [-0.39, 0.29) is 29.9 Å². The van der Waals surface area contributed by atoms with Gasteiger partial charge in [-0.1, -0.05) is 36.4 Å². The Morgan fingerprint density at radius 2 is 1.83 bits per heavy atom. The number of alkyl halides is 3. The van der Waals surface area contributed by atoms with Crippen molar-refractivity contribution in [2.45, 2.75) is 62.5 Å². The average Bonchev–Trinajstić information content (AvgIpc) is 3.39. The molecule has 3 aromatic rings. The molecule has 2 fully saturated rings. The van der Waals surface area contributed by atoms with Crippen molar-refractivity contribution in [2.75, 3.05) is 13.2 Å². The number of carbonyl (C=O) groups is 1. The summed E-state index contributed by atoms with van der Waals surface area (Å²) in [5, 5.41) is 9.35. The van der Waals surface area contributed by atoms with Gasteiger partial charge in [0.25, 0.3) is 0 Å². The molecule has 0 radical (unpaired) electrons. The van der Waals surface area contributed by atoms with E-state index in [1.807, 2.05) is 38.1 Å². The lowest BCUT2D eigenvalue weighted by molar-refractivity contribution is -0.269. The summed E-state index contributed by atoms with van der Waals surface area (Å²) in [5.41, 5.74) is 3.73. The van der Waals surface area contributed by atoms with E-state index < -0.39 is 34.8 Å². The molecule has 4 atom stereocenters. The van der Waals surface area contributed by atoms with Crippen LogP contribution in [0.2, 0.25) is 0 Å². The monoisotopic (exact) mass is 565 g/mol. The maximum atomic E-state index is 14.1. The van der Waals surface area contributed by atoms with Gasteiger partial charge in [0.05, 0.1) is 24.7 Å². The number of carboxylic acids is 1. The van der Waals surface area contributed by atoms with Crippen molar-refractivity contribution in [1.82, 2.24) is 4.98 Å². The Kier molecular flexibility index (Phi) is 5.83. The number of benzene rings is 2. The number of aliphatic carboxylic acids is 1. The van der Waals surface area contributed by atoms with Gasteiger partial charge in [-0.3, -0.25) is 4.79 Å². The molecular weight excluding hydrogens is 535 g/mol. The Morgan fingerprint density at radius 3 is 2.56 bits per heavy atom. The molecule has 3 aliphatic carbocycles. The summed E-state index contributed by atoms with van der Waals surface area (Å²) in [6.07, 6.45) is -1.60. The van der Waals surface area contributed by atoms with Crippen LogP contribution in [0, 0.1) is 11.8 Å². The van der Waals surface area contributed by atoms with Crippen LogP contribution in [-0.4, -0.2) is 35.1 Å². The fourth-order valence-electron chi connectivity index (χ4n) is 7.24. The van der Waals surface area contributed by atoms with E-state index >= 15 is 0 Å². The van der Waals surface area contributed by atoms with Gasteiger partial charge in [-0.05, 0) is 72.1 Å². The van der Waals surface area contributed by atoms with E-state index in [2.05, 4.69) is 4.98 Å². The van der Waals surface area contributed by atoms with Gasteiger partial charge in [-0.25, -0.2) is 4.98 Å². The second-order valence-electron chi connectivity index (χ2n) is 12.3. The third-order valence-corrected chi connectivity index (χ3v) is 9.35. The molecule has 4 aliphatic rings. The van der Waals surface area contributed by atoms with Gasteiger partial charge in [-0.15, -0.1) is 0 Å². The number of halogens is 3. The number of aromatic nitrogens is 1. The van der Waals surface area contributed by atoms with E-state index in [9.17, 15) is 23.1 Å². The lowest BCUT2D eigenvalue weighted by Crippen LogP contribution is -2.48. The third kappa shape index (κ3) is 4.41. The van der Waals surface area contributed by atoms with Crippen molar-refractivity contribution in [3.8, 4) is 5.88 Å². The highest BCUT2D eigenvalue weighted by Crippen LogP contribution is 2.61. The number of nitrogens with zero attached hydrogens (tertiary/aromatic N) is 1. The molecule has 1 N–H and O–H groups in total. The first-order valence-corrected chi connectivity index (χ1v) is 13.9. The molecule has 9 heteroatoms. The van der Waals surface area contributed by atoms with E-state index in [0.29, 0.717) is 31.9 Å². The lowest BCUT2D eigenvalue weighted by Gasteiger charge is -2.42. The zero-order chi connectivity index (χ0) is 28.7. The highest BCUT2D eigenvalue weighted by molar-refractivity contribution is 5.77. The minimum atomic E-state index is -4.47. The molecule has 1 aromatic heterocycles. The predicted molar refractivity (Wildman–Crippen MR) is 142 cm³/mol. The fraction of sp³-hybridized carbons (Fsp3) is 0.438. The van der Waals surface area contributed by atoms with Crippen LogP contribution in [0.3, 0.4) is 0 Å². The van der Waals surface area contributed by atoms with Gasteiger partial charge in [0.2, 0.25) is 5.88 Å². The predicted octanol–water partition coefficient (Wildman–Crippen LogP) is 6.21. The normalized spacial score (nSPS) is 26.8.